The average Bonchev–Trinajstić information content (AvgIpc) is 2.95. The van der Waals surface area contributed by atoms with Gasteiger partial charge in [0.05, 0.1) is 17.2 Å². The zero-order valence-corrected chi connectivity index (χ0v) is 14.7. The Kier molecular flexibility index (Phi) is 4.75. The Morgan fingerprint density at radius 3 is 2.42 bits per heavy atom. The highest BCUT2D eigenvalue weighted by Crippen LogP contribution is 2.24. The SMILES string of the molecule is CC(=O)n1cc(C(=O)Nc2ccc(OC(C)C)cc2)c2cc(F)ccc21. The van der Waals surface area contributed by atoms with E-state index < -0.39 is 11.7 Å². The number of halogens is 1. The number of benzene rings is 2. The maximum atomic E-state index is 13.6. The van der Waals surface area contributed by atoms with Gasteiger partial charge in [0.1, 0.15) is 11.6 Å². The fourth-order valence-corrected chi connectivity index (χ4v) is 2.73. The molecule has 3 aromatic rings. The van der Waals surface area contributed by atoms with Crippen LogP contribution in [0.3, 0.4) is 0 Å². The van der Waals surface area contributed by atoms with E-state index in [0.717, 1.165) is 0 Å². The lowest BCUT2D eigenvalue weighted by molar-refractivity contribution is 0.0941. The van der Waals surface area contributed by atoms with Gasteiger partial charge in [-0.3, -0.25) is 14.2 Å². The van der Waals surface area contributed by atoms with Crippen molar-refractivity contribution in [3.63, 3.8) is 0 Å². The molecule has 0 aliphatic carbocycles. The van der Waals surface area contributed by atoms with Crippen molar-refractivity contribution < 1.29 is 18.7 Å². The van der Waals surface area contributed by atoms with Gasteiger partial charge in [-0.05, 0) is 56.3 Å². The molecule has 0 saturated carbocycles. The van der Waals surface area contributed by atoms with Gasteiger partial charge in [0.15, 0.2) is 0 Å². The van der Waals surface area contributed by atoms with Crippen LogP contribution in [0.5, 0.6) is 5.75 Å². The highest BCUT2D eigenvalue weighted by Gasteiger charge is 2.17. The van der Waals surface area contributed by atoms with Gasteiger partial charge in [0, 0.05) is 24.2 Å². The number of nitrogens with one attached hydrogen (secondary N) is 1. The molecular formula is C20H19FN2O3. The van der Waals surface area contributed by atoms with Crippen molar-refractivity contribution in [3.8, 4) is 5.75 Å². The third-order valence-electron chi connectivity index (χ3n) is 3.83. The smallest absolute Gasteiger partial charge is 0.257 e. The van der Waals surface area contributed by atoms with Crippen LogP contribution in [0, 0.1) is 5.82 Å². The van der Waals surface area contributed by atoms with Crippen LogP contribution in [0.1, 0.15) is 35.9 Å². The van der Waals surface area contributed by atoms with Gasteiger partial charge < -0.3 is 10.1 Å². The molecule has 1 amide bonds. The number of rotatable bonds is 4. The highest BCUT2D eigenvalue weighted by atomic mass is 19.1. The van der Waals surface area contributed by atoms with Crippen molar-refractivity contribution in [2.75, 3.05) is 5.32 Å². The molecule has 6 heteroatoms. The van der Waals surface area contributed by atoms with Gasteiger partial charge in [-0.25, -0.2) is 4.39 Å². The van der Waals surface area contributed by atoms with Crippen molar-refractivity contribution in [2.24, 2.45) is 0 Å². The Hall–Kier alpha value is -3.15. The number of ether oxygens (including phenoxy) is 1. The number of aromatic nitrogens is 1. The van der Waals surface area contributed by atoms with Crippen LogP contribution >= 0.6 is 0 Å². The molecule has 26 heavy (non-hydrogen) atoms. The Morgan fingerprint density at radius 2 is 1.81 bits per heavy atom. The van der Waals surface area contributed by atoms with E-state index in [1.807, 2.05) is 13.8 Å². The Morgan fingerprint density at radius 1 is 1.12 bits per heavy atom. The molecule has 134 valence electrons. The molecule has 3 rings (SSSR count). The normalized spacial score (nSPS) is 11.0. The lowest BCUT2D eigenvalue weighted by Crippen LogP contribution is -2.12. The molecule has 2 aromatic carbocycles. The Bertz CT molecular complexity index is 975. The second kappa shape index (κ2) is 7.00. The molecule has 5 nitrogen and oxygen atoms in total. The first-order chi connectivity index (χ1) is 12.3. The summed E-state index contributed by atoms with van der Waals surface area (Å²) in [5.41, 5.74) is 1.30. The van der Waals surface area contributed by atoms with Crippen molar-refractivity contribution in [2.45, 2.75) is 26.9 Å². The first kappa shape index (κ1) is 17.7. The minimum atomic E-state index is -0.469. The second-order valence-electron chi connectivity index (χ2n) is 6.24. The second-order valence-corrected chi connectivity index (χ2v) is 6.24. The van der Waals surface area contributed by atoms with Gasteiger partial charge in [0.2, 0.25) is 5.91 Å². The number of amides is 1. The molecule has 0 bridgehead atoms. The average molecular weight is 354 g/mol. The van der Waals surface area contributed by atoms with Crippen molar-refractivity contribution in [1.29, 1.82) is 0 Å². The van der Waals surface area contributed by atoms with Crippen LogP contribution in [-0.2, 0) is 0 Å². The van der Waals surface area contributed by atoms with E-state index in [9.17, 15) is 14.0 Å². The van der Waals surface area contributed by atoms with Crippen LogP contribution in [0.4, 0.5) is 10.1 Å². The third kappa shape index (κ3) is 3.59. The van der Waals surface area contributed by atoms with Gasteiger partial charge in [-0.2, -0.15) is 0 Å². The number of hydrogen-bond acceptors (Lipinski definition) is 3. The van der Waals surface area contributed by atoms with E-state index in [0.29, 0.717) is 22.3 Å². The molecule has 0 aliphatic rings. The Labute approximate surface area is 150 Å². The molecule has 1 N–H and O–H groups in total. The molecule has 1 aromatic heterocycles. The summed E-state index contributed by atoms with van der Waals surface area (Å²) in [6, 6.07) is 11.0. The Balaban J connectivity index is 1.90. The molecule has 1 heterocycles. The molecule has 0 saturated heterocycles. The first-order valence-electron chi connectivity index (χ1n) is 8.25. The van der Waals surface area contributed by atoms with Crippen LogP contribution in [0.15, 0.2) is 48.7 Å². The summed E-state index contributed by atoms with van der Waals surface area (Å²) < 4.78 is 20.5. The monoisotopic (exact) mass is 354 g/mol. The molecule has 0 radical (unpaired) electrons. The number of nitrogens with zero attached hydrogens (tertiary/aromatic N) is 1. The molecule has 0 unspecified atom stereocenters. The summed E-state index contributed by atoms with van der Waals surface area (Å²) in [4.78, 5) is 24.4. The number of carbonyl (C=O) groups is 2. The van der Waals surface area contributed by atoms with E-state index in [2.05, 4.69) is 5.32 Å². The van der Waals surface area contributed by atoms with Crippen LogP contribution in [0.25, 0.3) is 10.9 Å². The molecule has 0 spiro atoms. The van der Waals surface area contributed by atoms with E-state index in [4.69, 9.17) is 4.74 Å². The van der Waals surface area contributed by atoms with E-state index in [-0.39, 0.29) is 17.6 Å². The lowest BCUT2D eigenvalue weighted by Gasteiger charge is -2.10. The summed E-state index contributed by atoms with van der Waals surface area (Å²) in [5.74, 6) is -0.440. The summed E-state index contributed by atoms with van der Waals surface area (Å²) in [7, 11) is 0. The number of fused-ring (bicyclic) bond motifs is 1. The zero-order valence-electron chi connectivity index (χ0n) is 14.7. The predicted octanol–water partition coefficient (Wildman–Crippen LogP) is 4.48. The summed E-state index contributed by atoms with van der Waals surface area (Å²) in [5, 5.41) is 3.15. The summed E-state index contributed by atoms with van der Waals surface area (Å²) in [6.45, 7) is 5.25. The summed E-state index contributed by atoms with van der Waals surface area (Å²) in [6.07, 6.45) is 1.49. The standard InChI is InChI=1S/C20H19FN2O3/c1-12(2)26-16-7-5-15(6-8-16)22-20(25)18-11-23(13(3)24)19-9-4-14(21)10-17(18)19/h4-12H,1-3H3,(H,22,25). The molecule has 0 fully saturated rings. The maximum Gasteiger partial charge on any atom is 0.257 e. The van der Waals surface area contributed by atoms with Crippen LogP contribution < -0.4 is 10.1 Å². The largest absolute Gasteiger partial charge is 0.491 e. The highest BCUT2D eigenvalue weighted by molar-refractivity contribution is 6.14. The van der Waals surface area contributed by atoms with Gasteiger partial charge in [-0.15, -0.1) is 0 Å². The topological polar surface area (TPSA) is 60.3 Å². The van der Waals surface area contributed by atoms with E-state index in [1.54, 1.807) is 24.3 Å². The van der Waals surface area contributed by atoms with Gasteiger partial charge in [0.25, 0.3) is 5.91 Å². The molecule has 0 atom stereocenters. The fraction of sp³-hybridized carbons (Fsp3) is 0.200. The quantitative estimate of drug-likeness (QED) is 0.751. The van der Waals surface area contributed by atoms with Crippen molar-refractivity contribution >= 4 is 28.4 Å². The summed E-state index contributed by atoms with van der Waals surface area (Å²) >= 11 is 0. The maximum absolute atomic E-state index is 13.6. The van der Waals surface area contributed by atoms with Gasteiger partial charge in [-0.1, -0.05) is 0 Å². The minimum Gasteiger partial charge on any atom is -0.491 e. The predicted molar refractivity (Wildman–Crippen MR) is 98.4 cm³/mol. The third-order valence-corrected chi connectivity index (χ3v) is 3.83. The molecule has 0 aliphatic heterocycles. The first-order valence-corrected chi connectivity index (χ1v) is 8.25. The minimum absolute atomic E-state index is 0.0584. The number of hydrogen-bond donors (Lipinski definition) is 1. The van der Waals surface area contributed by atoms with E-state index >= 15 is 0 Å². The zero-order chi connectivity index (χ0) is 18.8. The van der Waals surface area contributed by atoms with Crippen LogP contribution in [0.2, 0.25) is 0 Å². The van der Waals surface area contributed by atoms with Gasteiger partial charge >= 0.3 is 0 Å². The fourth-order valence-electron chi connectivity index (χ4n) is 2.73. The lowest BCUT2D eigenvalue weighted by atomic mass is 10.1. The molecular weight excluding hydrogens is 335 g/mol. The van der Waals surface area contributed by atoms with Crippen LogP contribution in [-0.4, -0.2) is 22.5 Å². The number of carbonyl (C=O) groups excluding carboxylic acids is 2. The van der Waals surface area contributed by atoms with Crippen molar-refractivity contribution in [1.82, 2.24) is 4.57 Å². The van der Waals surface area contributed by atoms with Crippen molar-refractivity contribution in [3.05, 3.63) is 60.0 Å². The number of anilines is 1. The van der Waals surface area contributed by atoms with E-state index in [1.165, 1.54) is 35.9 Å².